The standard InChI is InChI=1S/C23H31N5O7/c1-13(20(32)26-11-18(29)25-12-19(30)31)27-21(33)17(28-22(34)35-23(2,3)4)9-14-10-24-16-8-6-5-7-15(14)16/h5-8,10,13,17,24H,9,11-12H2,1-4H3,(H,25,29)(H,26,32)(H,27,33)(H,28,34)(H,30,31)/t13-,17-/m0/s1. The molecule has 1 heterocycles. The Bertz CT molecular complexity index is 1090. The van der Waals surface area contributed by atoms with Crippen LogP contribution in [-0.2, 0) is 30.3 Å². The maximum absolute atomic E-state index is 13.0. The summed E-state index contributed by atoms with van der Waals surface area (Å²) >= 11 is 0. The number of ether oxygens (including phenoxy) is 1. The second-order valence-electron chi connectivity index (χ2n) is 8.88. The fourth-order valence-electron chi connectivity index (χ4n) is 3.12. The number of aromatic amines is 1. The molecule has 6 N–H and O–H groups in total. The van der Waals surface area contributed by atoms with Crippen molar-refractivity contribution in [3.8, 4) is 0 Å². The number of aliphatic carboxylic acids is 1. The van der Waals surface area contributed by atoms with E-state index in [1.165, 1.54) is 6.92 Å². The molecule has 2 aromatic rings. The van der Waals surface area contributed by atoms with Gasteiger partial charge in [0.25, 0.3) is 0 Å². The minimum atomic E-state index is -1.22. The number of carboxylic acids is 1. The van der Waals surface area contributed by atoms with Crippen molar-refractivity contribution in [1.29, 1.82) is 0 Å². The monoisotopic (exact) mass is 489 g/mol. The largest absolute Gasteiger partial charge is 0.480 e. The van der Waals surface area contributed by atoms with Crippen LogP contribution < -0.4 is 21.3 Å². The third-order valence-electron chi connectivity index (χ3n) is 4.72. The normalized spacial score (nSPS) is 12.8. The number of nitrogens with one attached hydrogen (secondary N) is 5. The molecule has 0 aliphatic heterocycles. The van der Waals surface area contributed by atoms with Crippen molar-refractivity contribution < 1.29 is 33.8 Å². The molecule has 0 radical (unpaired) electrons. The average Bonchev–Trinajstić information content (AvgIpc) is 3.17. The van der Waals surface area contributed by atoms with Crippen molar-refractivity contribution in [2.75, 3.05) is 13.1 Å². The van der Waals surface area contributed by atoms with Crippen molar-refractivity contribution in [3.63, 3.8) is 0 Å². The van der Waals surface area contributed by atoms with Gasteiger partial charge in [0.05, 0.1) is 6.54 Å². The molecule has 4 amide bonds. The molecular weight excluding hydrogens is 458 g/mol. The van der Waals surface area contributed by atoms with E-state index < -0.39 is 60.6 Å². The number of carbonyl (C=O) groups is 5. The maximum atomic E-state index is 13.0. The van der Waals surface area contributed by atoms with Crippen LogP contribution in [0, 0.1) is 0 Å². The molecule has 2 rings (SSSR count). The summed E-state index contributed by atoms with van der Waals surface area (Å²) in [5.41, 5.74) is 0.872. The van der Waals surface area contributed by atoms with Crippen LogP contribution >= 0.6 is 0 Å². The molecular formula is C23H31N5O7. The van der Waals surface area contributed by atoms with Crippen LogP contribution in [0.2, 0.25) is 0 Å². The van der Waals surface area contributed by atoms with E-state index in [4.69, 9.17) is 9.84 Å². The Labute approximate surface area is 202 Å². The Balaban J connectivity index is 2.06. The van der Waals surface area contributed by atoms with Crippen molar-refractivity contribution in [2.24, 2.45) is 0 Å². The zero-order chi connectivity index (χ0) is 26.2. The number of hydrogen-bond donors (Lipinski definition) is 6. The highest BCUT2D eigenvalue weighted by molar-refractivity contribution is 5.93. The lowest BCUT2D eigenvalue weighted by Crippen LogP contribution is -2.54. The van der Waals surface area contributed by atoms with Gasteiger partial charge in [-0.3, -0.25) is 19.2 Å². The van der Waals surface area contributed by atoms with Gasteiger partial charge in [-0.1, -0.05) is 18.2 Å². The molecule has 2 atom stereocenters. The number of para-hydroxylation sites is 1. The zero-order valence-corrected chi connectivity index (χ0v) is 20.1. The van der Waals surface area contributed by atoms with Gasteiger partial charge < -0.3 is 36.1 Å². The number of alkyl carbamates (subject to hydrolysis) is 1. The fraction of sp³-hybridized carbons (Fsp3) is 0.435. The Morgan fingerprint density at radius 1 is 1.00 bits per heavy atom. The van der Waals surface area contributed by atoms with Gasteiger partial charge >= 0.3 is 12.1 Å². The molecule has 190 valence electrons. The molecule has 0 aliphatic carbocycles. The highest BCUT2D eigenvalue weighted by Gasteiger charge is 2.28. The van der Waals surface area contributed by atoms with Crippen molar-refractivity contribution in [1.82, 2.24) is 26.3 Å². The van der Waals surface area contributed by atoms with Crippen LogP contribution in [0.1, 0.15) is 33.3 Å². The molecule has 0 aliphatic rings. The van der Waals surface area contributed by atoms with Crippen LogP contribution in [0.3, 0.4) is 0 Å². The number of aromatic nitrogens is 1. The van der Waals surface area contributed by atoms with E-state index in [1.807, 2.05) is 24.3 Å². The van der Waals surface area contributed by atoms with Gasteiger partial charge in [0.1, 0.15) is 24.2 Å². The predicted octanol–water partition coefficient (Wildman–Crippen LogP) is 0.425. The lowest BCUT2D eigenvalue weighted by atomic mass is 10.0. The number of benzene rings is 1. The van der Waals surface area contributed by atoms with E-state index in [9.17, 15) is 24.0 Å². The van der Waals surface area contributed by atoms with E-state index >= 15 is 0 Å². The Morgan fingerprint density at radius 2 is 1.69 bits per heavy atom. The molecule has 1 aromatic heterocycles. The minimum Gasteiger partial charge on any atom is -0.480 e. The summed E-state index contributed by atoms with van der Waals surface area (Å²) < 4.78 is 5.28. The van der Waals surface area contributed by atoms with Crippen LogP contribution in [0.4, 0.5) is 4.79 Å². The quantitative estimate of drug-likeness (QED) is 0.280. The molecule has 0 fully saturated rings. The van der Waals surface area contributed by atoms with Crippen LogP contribution in [0.15, 0.2) is 30.5 Å². The predicted molar refractivity (Wildman–Crippen MR) is 126 cm³/mol. The summed E-state index contributed by atoms with van der Waals surface area (Å²) in [6.07, 6.45) is 1.08. The van der Waals surface area contributed by atoms with Gasteiger partial charge in [0, 0.05) is 23.5 Å². The first-order valence-electron chi connectivity index (χ1n) is 11.0. The lowest BCUT2D eigenvalue weighted by molar-refractivity contribution is -0.138. The molecule has 1 aromatic carbocycles. The zero-order valence-electron chi connectivity index (χ0n) is 20.1. The number of rotatable bonds is 10. The first-order valence-corrected chi connectivity index (χ1v) is 11.0. The molecule has 0 spiro atoms. The summed E-state index contributed by atoms with van der Waals surface area (Å²) in [6.45, 7) is 5.47. The summed E-state index contributed by atoms with van der Waals surface area (Å²) in [7, 11) is 0. The van der Waals surface area contributed by atoms with Crippen molar-refractivity contribution in [3.05, 3.63) is 36.0 Å². The number of H-pyrrole nitrogens is 1. The second kappa shape index (κ2) is 11.9. The topological polar surface area (TPSA) is 179 Å². The van der Waals surface area contributed by atoms with E-state index in [-0.39, 0.29) is 6.42 Å². The van der Waals surface area contributed by atoms with Crippen LogP contribution in [0.25, 0.3) is 10.9 Å². The first-order chi connectivity index (χ1) is 16.4. The van der Waals surface area contributed by atoms with Gasteiger partial charge in [0.2, 0.25) is 17.7 Å². The van der Waals surface area contributed by atoms with E-state index in [0.29, 0.717) is 0 Å². The first kappa shape index (κ1) is 27.2. The number of carbonyl (C=O) groups excluding carboxylic acids is 4. The maximum Gasteiger partial charge on any atom is 0.408 e. The third kappa shape index (κ3) is 8.99. The number of carboxylic acid groups (broad SMARTS) is 1. The smallest absolute Gasteiger partial charge is 0.408 e. The number of hydrogen-bond acceptors (Lipinski definition) is 6. The molecule has 0 bridgehead atoms. The van der Waals surface area contributed by atoms with E-state index in [1.54, 1.807) is 27.0 Å². The second-order valence-corrected chi connectivity index (χ2v) is 8.88. The van der Waals surface area contributed by atoms with Gasteiger partial charge in [-0.25, -0.2) is 4.79 Å². The summed E-state index contributed by atoms with van der Waals surface area (Å²) in [4.78, 5) is 62.9. The Kier molecular flexibility index (Phi) is 9.20. The summed E-state index contributed by atoms with van der Waals surface area (Å²) in [5, 5.41) is 19.0. The van der Waals surface area contributed by atoms with Gasteiger partial charge in [-0.15, -0.1) is 0 Å². The van der Waals surface area contributed by atoms with Gasteiger partial charge in [-0.05, 0) is 39.3 Å². The van der Waals surface area contributed by atoms with Gasteiger partial charge in [0.15, 0.2) is 0 Å². The Morgan fingerprint density at radius 3 is 2.34 bits per heavy atom. The van der Waals surface area contributed by atoms with E-state index in [0.717, 1.165) is 16.5 Å². The Hall–Kier alpha value is -4.09. The molecule has 0 saturated heterocycles. The number of fused-ring (bicyclic) bond motifs is 1. The lowest BCUT2D eigenvalue weighted by Gasteiger charge is -2.24. The van der Waals surface area contributed by atoms with Crippen LogP contribution in [-0.4, -0.2) is 70.6 Å². The molecule has 0 unspecified atom stereocenters. The van der Waals surface area contributed by atoms with Crippen molar-refractivity contribution in [2.45, 2.75) is 51.8 Å². The highest BCUT2D eigenvalue weighted by atomic mass is 16.6. The SMILES string of the molecule is C[C@H](NC(=O)[C@H](Cc1c[nH]c2ccccc12)NC(=O)OC(C)(C)C)C(=O)NCC(=O)NCC(=O)O. The number of amides is 4. The molecule has 0 saturated carbocycles. The summed E-state index contributed by atoms with van der Waals surface area (Å²) in [6, 6.07) is 5.39. The fourth-order valence-corrected chi connectivity index (χ4v) is 3.12. The van der Waals surface area contributed by atoms with Crippen molar-refractivity contribution >= 4 is 40.7 Å². The third-order valence-corrected chi connectivity index (χ3v) is 4.72. The van der Waals surface area contributed by atoms with Crippen LogP contribution in [0.5, 0.6) is 0 Å². The minimum absolute atomic E-state index is 0.126. The van der Waals surface area contributed by atoms with E-state index in [2.05, 4.69) is 26.3 Å². The summed E-state index contributed by atoms with van der Waals surface area (Å²) in [5.74, 6) is -3.20. The molecule has 35 heavy (non-hydrogen) atoms. The average molecular weight is 490 g/mol. The van der Waals surface area contributed by atoms with Gasteiger partial charge in [-0.2, -0.15) is 0 Å². The highest BCUT2D eigenvalue weighted by Crippen LogP contribution is 2.19. The molecule has 12 heteroatoms. The molecule has 12 nitrogen and oxygen atoms in total.